The smallest absolute Gasteiger partial charge is 0.264 e. The molecule has 1 saturated heterocycles. The molecule has 0 aromatic carbocycles. The lowest BCUT2D eigenvalue weighted by molar-refractivity contribution is -0.258. The Morgan fingerprint density at radius 3 is 2.39 bits per heavy atom. The van der Waals surface area contributed by atoms with Crippen molar-refractivity contribution in [2.75, 3.05) is 47.3 Å². The number of carbonyl (C=O) groups excluding carboxylic acids is 1. The van der Waals surface area contributed by atoms with Gasteiger partial charge in [-0.2, -0.15) is 8.42 Å². The van der Waals surface area contributed by atoms with Crippen LogP contribution < -0.4 is 0 Å². The van der Waals surface area contributed by atoms with Gasteiger partial charge in [0.1, 0.15) is 17.5 Å². The molecule has 1 spiro atoms. The van der Waals surface area contributed by atoms with Gasteiger partial charge in [-0.05, 0) is 30.7 Å². The normalized spacial score (nSPS) is 55.2. The van der Waals surface area contributed by atoms with Crippen molar-refractivity contribution in [1.82, 2.24) is 4.90 Å². The lowest BCUT2D eigenvalue weighted by Crippen LogP contribution is -2.75. The van der Waals surface area contributed by atoms with E-state index in [0.717, 1.165) is 6.26 Å². The first kappa shape index (κ1) is 25.6. The minimum Gasteiger partial charge on any atom is -0.389 e. The Bertz CT molecular complexity index is 1070. The number of nitrogens with zero attached hydrogens (tertiary/aromatic N) is 1. The van der Waals surface area contributed by atoms with E-state index in [2.05, 4.69) is 11.8 Å². The Morgan fingerprint density at radius 1 is 1.08 bits per heavy atom. The summed E-state index contributed by atoms with van der Waals surface area (Å²) in [6, 6.07) is -0.0707. The van der Waals surface area contributed by atoms with Crippen LogP contribution in [-0.2, 0) is 33.3 Å². The largest absolute Gasteiger partial charge is 0.389 e. The van der Waals surface area contributed by atoms with Gasteiger partial charge in [-0.3, -0.25) is 13.9 Å². The van der Waals surface area contributed by atoms with Gasteiger partial charge in [0.15, 0.2) is 0 Å². The highest BCUT2D eigenvalue weighted by Crippen LogP contribution is 2.79. The van der Waals surface area contributed by atoms with Crippen molar-refractivity contribution in [3.05, 3.63) is 0 Å². The average Bonchev–Trinajstić information content (AvgIpc) is 3.17. The number of Topliss-reactive ketones (excluding diaryl/α,β-unsaturated/α-hetero) is 1. The minimum absolute atomic E-state index is 0.0707. The molecule has 10 nitrogen and oxygen atoms in total. The Morgan fingerprint density at radius 2 is 1.81 bits per heavy atom. The van der Waals surface area contributed by atoms with Gasteiger partial charge < -0.3 is 24.4 Å². The van der Waals surface area contributed by atoms with Crippen LogP contribution in [0.5, 0.6) is 0 Å². The number of hydrogen-bond acceptors (Lipinski definition) is 10. The summed E-state index contributed by atoms with van der Waals surface area (Å²) in [5.41, 5.74) is -4.23. The molecular weight excluding hydrogens is 490 g/mol. The number of piperidine rings is 1. The molecule has 0 aromatic rings. The number of rotatable bonds is 7. The molecule has 36 heavy (non-hydrogen) atoms. The van der Waals surface area contributed by atoms with Gasteiger partial charge in [0.25, 0.3) is 10.1 Å². The second-order valence-electron chi connectivity index (χ2n) is 12.3. The van der Waals surface area contributed by atoms with E-state index in [9.17, 15) is 23.4 Å². The molecular formula is C25H39NO9S. The molecule has 2 N–H and O–H groups in total. The van der Waals surface area contributed by atoms with Crippen molar-refractivity contribution in [3.63, 3.8) is 0 Å². The monoisotopic (exact) mass is 529 g/mol. The van der Waals surface area contributed by atoms with Crippen molar-refractivity contribution < 1.29 is 41.8 Å². The number of aliphatic hydroxyl groups is 2. The number of carbonyl (C=O) groups is 1. The van der Waals surface area contributed by atoms with Crippen molar-refractivity contribution in [3.8, 4) is 0 Å². The maximum Gasteiger partial charge on any atom is 0.264 e. The molecule has 0 unspecified atom stereocenters. The minimum atomic E-state index is -3.94. The van der Waals surface area contributed by atoms with Gasteiger partial charge in [0.05, 0.1) is 36.1 Å². The molecule has 11 heteroatoms. The highest BCUT2D eigenvalue weighted by molar-refractivity contribution is 7.86. The van der Waals surface area contributed by atoms with E-state index in [1.54, 1.807) is 14.2 Å². The zero-order valence-electron chi connectivity index (χ0n) is 21.7. The number of ether oxygens (including phenoxy) is 3. The summed E-state index contributed by atoms with van der Waals surface area (Å²) in [5.74, 6) is -1.35. The van der Waals surface area contributed by atoms with Crippen molar-refractivity contribution in [1.29, 1.82) is 0 Å². The molecule has 5 saturated carbocycles. The van der Waals surface area contributed by atoms with Gasteiger partial charge in [-0.1, -0.05) is 6.92 Å². The molecule has 6 fully saturated rings. The first-order valence-corrected chi connectivity index (χ1v) is 14.9. The fourth-order valence-corrected chi connectivity index (χ4v) is 11.4. The lowest BCUT2D eigenvalue weighted by Gasteiger charge is -2.66. The van der Waals surface area contributed by atoms with Gasteiger partial charge >= 0.3 is 0 Å². The Labute approximate surface area is 212 Å². The maximum absolute atomic E-state index is 13.8. The SMILES string of the molecule is CCN1C[C@]2(COC)C(=O)CC[C@@]34[C@@H]5C[C@@]6(O)[C@@H](OC)C[C@@](O)([C@H]5[C@H]6OS(C)(=O)=O)[C@@H]([C@H](OC)[C@H]23)[C@@H]14. The van der Waals surface area contributed by atoms with Crippen LogP contribution in [0.4, 0.5) is 0 Å². The van der Waals surface area contributed by atoms with Crippen LogP contribution in [0, 0.1) is 34.5 Å². The highest BCUT2D eigenvalue weighted by atomic mass is 32.2. The van der Waals surface area contributed by atoms with Gasteiger partial charge in [-0.15, -0.1) is 0 Å². The van der Waals surface area contributed by atoms with E-state index in [1.807, 2.05) is 0 Å². The molecule has 6 rings (SSSR count). The topological polar surface area (TPSA) is 132 Å². The molecule has 1 heterocycles. The molecule has 1 aliphatic heterocycles. The number of likely N-dealkylation sites (tertiary alicyclic amines) is 1. The first-order valence-electron chi connectivity index (χ1n) is 13.0. The summed E-state index contributed by atoms with van der Waals surface area (Å²) >= 11 is 0. The third-order valence-corrected chi connectivity index (χ3v) is 11.9. The molecule has 204 valence electrons. The number of hydrogen-bond donors (Lipinski definition) is 2. The zero-order chi connectivity index (χ0) is 26.1. The zero-order valence-corrected chi connectivity index (χ0v) is 22.5. The van der Waals surface area contributed by atoms with Crippen LogP contribution in [0.1, 0.15) is 32.6 Å². The Balaban J connectivity index is 1.63. The third-order valence-electron chi connectivity index (χ3n) is 11.3. The second-order valence-corrected chi connectivity index (χ2v) is 13.9. The predicted octanol–water partition coefficient (Wildman–Crippen LogP) is -0.191. The fourth-order valence-electron chi connectivity index (χ4n) is 10.7. The Kier molecular flexibility index (Phi) is 5.49. The summed E-state index contributed by atoms with van der Waals surface area (Å²) in [6.45, 7) is 3.57. The van der Waals surface area contributed by atoms with E-state index < -0.39 is 62.3 Å². The van der Waals surface area contributed by atoms with Crippen LogP contribution in [0.3, 0.4) is 0 Å². The molecule has 0 radical (unpaired) electrons. The van der Waals surface area contributed by atoms with Crippen LogP contribution in [-0.4, -0.2) is 112 Å². The second kappa shape index (κ2) is 7.71. The van der Waals surface area contributed by atoms with E-state index in [-0.39, 0.29) is 43.1 Å². The van der Waals surface area contributed by atoms with E-state index in [4.69, 9.17) is 18.4 Å². The lowest BCUT2D eigenvalue weighted by atomic mass is 9.44. The third kappa shape index (κ3) is 2.71. The fraction of sp³-hybridized carbons (Fsp3) is 0.960. The molecule has 0 amide bonds. The standard InChI is InChI=1S/C25H39NO9S/c1-6-26-11-22(12-32-2)14(27)7-8-23-13-9-24(28)15(33-3)10-25(29,16(13)21(24)35-36(5,30)31)17(20(23)26)18(34-4)19(22)23/h13,15-21,28-29H,6-12H2,1-5H3/t13-,15+,16-,17+,18+,19-,20-,21-,22+,23-,24-,25-/m1/s1. The molecule has 0 aromatic heterocycles. The van der Waals surface area contributed by atoms with Crippen molar-refractivity contribution in [2.45, 2.75) is 68.2 Å². The number of methoxy groups -OCH3 is 3. The Hall–Kier alpha value is -0.660. The summed E-state index contributed by atoms with van der Waals surface area (Å²) in [6.07, 6.45) is 0.00544. The summed E-state index contributed by atoms with van der Waals surface area (Å²) in [4.78, 5) is 16.1. The quantitative estimate of drug-likeness (QED) is 0.428. The van der Waals surface area contributed by atoms with Gasteiger partial charge in [0.2, 0.25) is 0 Å². The van der Waals surface area contributed by atoms with Crippen LogP contribution in [0.2, 0.25) is 0 Å². The van der Waals surface area contributed by atoms with Gasteiger partial charge in [-0.25, -0.2) is 0 Å². The van der Waals surface area contributed by atoms with E-state index in [0.29, 0.717) is 25.9 Å². The van der Waals surface area contributed by atoms with Crippen molar-refractivity contribution in [2.24, 2.45) is 34.5 Å². The van der Waals surface area contributed by atoms with Crippen LogP contribution in [0.25, 0.3) is 0 Å². The summed E-state index contributed by atoms with van der Waals surface area (Å²) in [5, 5.41) is 24.8. The first-order chi connectivity index (χ1) is 16.9. The van der Waals surface area contributed by atoms with Crippen LogP contribution >= 0.6 is 0 Å². The van der Waals surface area contributed by atoms with E-state index in [1.165, 1.54) is 7.11 Å². The molecule has 6 aliphatic rings. The highest BCUT2D eigenvalue weighted by Gasteiger charge is 2.87. The predicted molar refractivity (Wildman–Crippen MR) is 126 cm³/mol. The van der Waals surface area contributed by atoms with Crippen LogP contribution in [0.15, 0.2) is 0 Å². The summed E-state index contributed by atoms with van der Waals surface area (Å²) < 4.78 is 48.2. The van der Waals surface area contributed by atoms with Gasteiger partial charge in [0, 0.05) is 64.5 Å². The number of ketones is 1. The molecule has 5 aliphatic carbocycles. The molecule has 7 bridgehead atoms. The molecule has 12 atom stereocenters. The maximum atomic E-state index is 13.8. The average molecular weight is 530 g/mol. The van der Waals surface area contributed by atoms with E-state index >= 15 is 0 Å². The summed E-state index contributed by atoms with van der Waals surface area (Å²) in [7, 11) is 0.801. The number of fused-ring (bicyclic) bond motifs is 2. The van der Waals surface area contributed by atoms with Crippen molar-refractivity contribution >= 4 is 15.9 Å².